The van der Waals surface area contributed by atoms with E-state index in [1.807, 2.05) is 6.07 Å². The van der Waals surface area contributed by atoms with Crippen molar-refractivity contribution in [3.8, 4) is 6.07 Å². The number of nitrogens with zero attached hydrogens (tertiary/aromatic N) is 3. The van der Waals surface area contributed by atoms with E-state index < -0.39 is 0 Å². The van der Waals surface area contributed by atoms with Crippen LogP contribution in [0.4, 0.5) is 5.82 Å². The number of rotatable bonds is 2. The molecule has 0 spiro atoms. The molecule has 1 aliphatic rings. The van der Waals surface area contributed by atoms with Crippen LogP contribution in [0.25, 0.3) is 0 Å². The molecule has 0 radical (unpaired) electrons. The molecular weight excluding hydrogens is 194 g/mol. The van der Waals surface area contributed by atoms with Gasteiger partial charge in [0.25, 0.3) is 0 Å². The Balaban J connectivity index is 2.26. The highest BCUT2D eigenvalue weighted by Gasteiger charge is 2.31. The molecule has 3 N–H and O–H groups in total. The molecule has 0 bridgehead atoms. The van der Waals surface area contributed by atoms with E-state index in [1.54, 1.807) is 4.90 Å². The zero-order valence-corrected chi connectivity index (χ0v) is 8.10. The lowest BCUT2D eigenvalue weighted by atomic mass is 10.1. The summed E-state index contributed by atoms with van der Waals surface area (Å²) in [7, 11) is 0. The molecule has 1 aromatic heterocycles. The number of aromatic amines is 1. The van der Waals surface area contributed by atoms with E-state index >= 15 is 0 Å². The topological polar surface area (TPSA) is 98.8 Å². The number of amides is 1. The fraction of sp³-hybridized carbons (Fsp3) is 0.444. The van der Waals surface area contributed by atoms with Gasteiger partial charge in [0.2, 0.25) is 5.91 Å². The van der Waals surface area contributed by atoms with Gasteiger partial charge in [-0.05, 0) is 12.5 Å². The van der Waals surface area contributed by atoms with Crippen molar-refractivity contribution in [1.29, 1.82) is 5.26 Å². The van der Waals surface area contributed by atoms with E-state index in [2.05, 4.69) is 10.2 Å². The third kappa shape index (κ3) is 1.57. The molecule has 1 atom stereocenters. The number of nitriles is 1. The molecule has 2 rings (SSSR count). The number of nitrogens with one attached hydrogen (secondary N) is 1. The minimum atomic E-state index is -0.00815. The van der Waals surface area contributed by atoms with Gasteiger partial charge in [0, 0.05) is 13.0 Å². The van der Waals surface area contributed by atoms with Crippen LogP contribution in [0.2, 0.25) is 0 Å². The Morgan fingerprint density at radius 2 is 2.60 bits per heavy atom. The Morgan fingerprint density at radius 1 is 1.80 bits per heavy atom. The van der Waals surface area contributed by atoms with E-state index in [4.69, 9.17) is 11.0 Å². The summed E-state index contributed by atoms with van der Waals surface area (Å²) in [6.07, 6.45) is 1.86. The Morgan fingerprint density at radius 3 is 3.20 bits per heavy atom. The lowest BCUT2D eigenvalue weighted by Crippen LogP contribution is -2.26. The van der Waals surface area contributed by atoms with Crippen molar-refractivity contribution < 1.29 is 4.79 Å². The maximum Gasteiger partial charge on any atom is 0.228 e. The van der Waals surface area contributed by atoms with E-state index in [9.17, 15) is 4.79 Å². The van der Waals surface area contributed by atoms with Crippen LogP contribution in [-0.2, 0) is 4.79 Å². The van der Waals surface area contributed by atoms with Gasteiger partial charge >= 0.3 is 0 Å². The first kappa shape index (κ1) is 9.68. The summed E-state index contributed by atoms with van der Waals surface area (Å²) >= 11 is 0. The van der Waals surface area contributed by atoms with E-state index in [1.165, 1.54) is 6.20 Å². The Bertz CT molecular complexity index is 418. The molecule has 1 aliphatic heterocycles. The second-order valence-corrected chi connectivity index (χ2v) is 3.55. The molecular formula is C9H11N5O. The SMILES string of the molecule is N#Cc1cn[nH]c1N1CC(CN)CC1=O. The minimum Gasteiger partial charge on any atom is -0.330 e. The van der Waals surface area contributed by atoms with Crippen molar-refractivity contribution in [3.05, 3.63) is 11.8 Å². The van der Waals surface area contributed by atoms with Crippen LogP contribution in [0.5, 0.6) is 0 Å². The van der Waals surface area contributed by atoms with Crippen molar-refractivity contribution in [2.24, 2.45) is 11.7 Å². The van der Waals surface area contributed by atoms with E-state index in [0.29, 0.717) is 30.9 Å². The van der Waals surface area contributed by atoms with Gasteiger partial charge in [-0.2, -0.15) is 10.4 Å². The molecule has 2 heterocycles. The normalized spacial score (nSPS) is 20.7. The van der Waals surface area contributed by atoms with Gasteiger partial charge in [-0.15, -0.1) is 0 Å². The summed E-state index contributed by atoms with van der Waals surface area (Å²) in [5.74, 6) is 0.650. The number of nitrogens with two attached hydrogens (primary N) is 1. The molecule has 0 aromatic carbocycles. The summed E-state index contributed by atoms with van der Waals surface area (Å²) in [5, 5.41) is 15.2. The summed E-state index contributed by atoms with van der Waals surface area (Å²) in [6.45, 7) is 1.05. The Kier molecular flexibility index (Phi) is 2.39. The first-order valence-electron chi connectivity index (χ1n) is 4.70. The van der Waals surface area contributed by atoms with Crippen molar-refractivity contribution in [1.82, 2.24) is 10.2 Å². The fourth-order valence-electron chi connectivity index (χ4n) is 1.72. The van der Waals surface area contributed by atoms with Gasteiger partial charge in [-0.3, -0.25) is 14.8 Å². The lowest BCUT2D eigenvalue weighted by Gasteiger charge is -2.13. The third-order valence-corrected chi connectivity index (χ3v) is 2.55. The average Bonchev–Trinajstić information content (AvgIpc) is 2.82. The van der Waals surface area contributed by atoms with Crippen LogP contribution < -0.4 is 10.6 Å². The standard InChI is InChI=1S/C9H11N5O/c10-2-6-1-8(15)14(5-6)9-7(3-11)4-12-13-9/h4,6H,1-2,5,10H2,(H,12,13). The summed E-state index contributed by atoms with van der Waals surface area (Å²) in [4.78, 5) is 13.2. The van der Waals surface area contributed by atoms with Gasteiger partial charge in [-0.25, -0.2) is 0 Å². The molecule has 1 amide bonds. The quantitative estimate of drug-likeness (QED) is 0.685. The molecule has 1 saturated heterocycles. The molecule has 15 heavy (non-hydrogen) atoms. The first-order valence-corrected chi connectivity index (χ1v) is 4.70. The molecule has 6 heteroatoms. The van der Waals surface area contributed by atoms with Crippen LogP contribution in [0.3, 0.4) is 0 Å². The highest BCUT2D eigenvalue weighted by atomic mass is 16.2. The van der Waals surface area contributed by atoms with Crippen LogP contribution in [0.15, 0.2) is 6.20 Å². The number of aromatic nitrogens is 2. The zero-order chi connectivity index (χ0) is 10.8. The highest BCUT2D eigenvalue weighted by Crippen LogP contribution is 2.24. The second kappa shape index (κ2) is 3.71. The zero-order valence-electron chi connectivity index (χ0n) is 8.10. The Hall–Kier alpha value is -1.87. The van der Waals surface area contributed by atoms with Crippen LogP contribution >= 0.6 is 0 Å². The van der Waals surface area contributed by atoms with Crippen LogP contribution in [0, 0.1) is 17.2 Å². The predicted octanol–water partition coefficient (Wildman–Crippen LogP) is -0.407. The van der Waals surface area contributed by atoms with Gasteiger partial charge in [0.05, 0.1) is 6.20 Å². The maximum atomic E-state index is 11.6. The van der Waals surface area contributed by atoms with Crippen molar-refractivity contribution in [2.75, 3.05) is 18.0 Å². The molecule has 1 fully saturated rings. The second-order valence-electron chi connectivity index (χ2n) is 3.55. The number of carbonyl (C=O) groups excluding carboxylic acids is 1. The number of carbonyl (C=O) groups is 1. The molecule has 0 aliphatic carbocycles. The van der Waals surface area contributed by atoms with Crippen LogP contribution in [0.1, 0.15) is 12.0 Å². The molecule has 6 nitrogen and oxygen atoms in total. The summed E-state index contributed by atoms with van der Waals surface area (Å²) in [6, 6.07) is 1.99. The van der Waals surface area contributed by atoms with E-state index in [0.717, 1.165) is 0 Å². The molecule has 78 valence electrons. The van der Waals surface area contributed by atoms with Gasteiger partial charge in [0.15, 0.2) is 0 Å². The van der Waals surface area contributed by atoms with Crippen molar-refractivity contribution in [2.45, 2.75) is 6.42 Å². The predicted molar refractivity (Wildman–Crippen MR) is 52.8 cm³/mol. The van der Waals surface area contributed by atoms with Gasteiger partial charge in [0.1, 0.15) is 17.5 Å². The molecule has 1 unspecified atom stereocenters. The monoisotopic (exact) mass is 205 g/mol. The number of anilines is 1. The smallest absolute Gasteiger partial charge is 0.228 e. The fourth-order valence-corrected chi connectivity index (χ4v) is 1.72. The maximum absolute atomic E-state index is 11.6. The minimum absolute atomic E-state index is 0.00815. The van der Waals surface area contributed by atoms with E-state index in [-0.39, 0.29) is 11.8 Å². The number of H-pyrrole nitrogens is 1. The first-order chi connectivity index (χ1) is 7.26. The number of hydrogen-bond acceptors (Lipinski definition) is 4. The van der Waals surface area contributed by atoms with Crippen molar-refractivity contribution in [3.63, 3.8) is 0 Å². The summed E-state index contributed by atoms with van der Waals surface area (Å²) in [5.41, 5.74) is 5.90. The molecule has 0 saturated carbocycles. The van der Waals surface area contributed by atoms with Gasteiger partial charge < -0.3 is 5.73 Å². The Labute approximate surface area is 86.7 Å². The highest BCUT2D eigenvalue weighted by molar-refractivity contribution is 5.95. The average molecular weight is 205 g/mol. The number of hydrogen-bond donors (Lipinski definition) is 2. The lowest BCUT2D eigenvalue weighted by molar-refractivity contribution is -0.117. The third-order valence-electron chi connectivity index (χ3n) is 2.55. The van der Waals surface area contributed by atoms with Crippen LogP contribution in [-0.4, -0.2) is 29.2 Å². The summed E-state index contributed by atoms with van der Waals surface area (Å²) < 4.78 is 0. The van der Waals surface area contributed by atoms with Crippen molar-refractivity contribution >= 4 is 11.7 Å². The molecule has 1 aromatic rings. The largest absolute Gasteiger partial charge is 0.330 e. The van der Waals surface area contributed by atoms with Gasteiger partial charge in [-0.1, -0.05) is 0 Å².